The Hall–Kier alpha value is -4.61. The lowest BCUT2D eigenvalue weighted by Crippen LogP contribution is -2.40. The lowest BCUT2D eigenvalue weighted by Gasteiger charge is -2.34. The summed E-state index contributed by atoms with van der Waals surface area (Å²) in [6.45, 7) is 62.2. The summed E-state index contributed by atoms with van der Waals surface area (Å²) in [6.07, 6.45) is 31.6. The van der Waals surface area contributed by atoms with Crippen molar-refractivity contribution in [1.29, 1.82) is 0 Å². The summed E-state index contributed by atoms with van der Waals surface area (Å²) in [6, 6.07) is 0.998. The second kappa shape index (κ2) is 66.0. The zero-order chi connectivity index (χ0) is 98.1. The quantitative estimate of drug-likeness (QED) is 0.0463. The number of likely N-dealkylation sites (tertiary alicyclic amines) is 4. The molecule has 0 bridgehead atoms. The first-order valence-corrected chi connectivity index (χ1v) is 52.7. The van der Waals surface area contributed by atoms with Gasteiger partial charge in [-0.1, -0.05) is 164 Å². The van der Waals surface area contributed by atoms with E-state index in [1.165, 1.54) is 95.0 Å². The van der Waals surface area contributed by atoms with E-state index in [0.29, 0.717) is 93.4 Å². The number of carboxylic acids is 4. The van der Waals surface area contributed by atoms with Gasteiger partial charge >= 0.3 is 53.9 Å². The van der Waals surface area contributed by atoms with Crippen LogP contribution < -0.4 is 0 Å². The molecule has 0 aromatic carbocycles. The van der Waals surface area contributed by atoms with Crippen molar-refractivity contribution >= 4 is 47.8 Å². The van der Waals surface area contributed by atoms with E-state index >= 15 is 0 Å². The number of esters is 4. The largest absolute Gasteiger partial charge is 0.481 e. The maximum Gasteiger partial charge on any atom is 0.401 e. The number of rotatable bonds is 26. The summed E-state index contributed by atoms with van der Waals surface area (Å²) in [4.78, 5) is 96.5. The molecule has 762 valence electrons. The molecule has 23 heteroatoms. The Morgan fingerprint density at radius 3 is 0.815 bits per heavy atom. The number of hydrogen-bond donors (Lipinski definition) is 4. The van der Waals surface area contributed by atoms with Crippen molar-refractivity contribution < 1.29 is 90.9 Å². The van der Waals surface area contributed by atoms with Crippen molar-refractivity contribution in [3.05, 3.63) is 0 Å². The van der Waals surface area contributed by atoms with Crippen molar-refractivity contribution in [2.75, 3.05) is 98.4 Å². The number of carbonyl (C=O) groups excluding carboxylic acids is 4. The van der Waals surface area contributed by atoms with E-state index in [1.54, 1.807) is 0 Å². The Labute approximate surface area is 790 Å². The summed E-state index contributed by atoms with van der Waals surface area (Å²) < 4.78 is 56.2. The zero-order valence-electron chi connectivity index (χ0n) is 86.9. The van der Waals surface area contributed by atoms with Gasteiger partial charge in [-0.25, -0.2) is 0 Å². The Morgan fingerprint density at radius 2 is 0.523 bits per heavy atom. The highest BCUT2D eigenvalue weighted by atomic mass is 19.4. The smallest absolute Gasteiger partial charge is 0.401 e. The molecule has 4 heterocycles. The van der Waals surface area contributed by atoms with Crippen LogP contribution in [0.15, 0.2) is 0 Å². The van der Waals surface area contributed by atoms with Crippen molar-refractivity contribution in [2.45, 2.75) is 384 Å². The maximum absolute atomic E-state index is 12.1. The van der Waals surface area contributed by atoms with Gasteiger partial charge in [0.25, 0.3) is 0 Å². The third kappa shape index (κ3) is 51.5. The van der Waals surface area contributed by atoms with Crippen molar-refractivity contribution in [3.63, 3.8) is 0 Å². The molecule has 8 atom stereocenters. The van der Waals surface area contributed by atoms with Gasteiger partial charge in [-0.2, -0.15) is 13.2 Å². The molecule has 20 nitrogen and oxygen atoms in total. The third-order valence-electron chi connectivity index (χ3n) is 31.2. The lowest BCUT2D eigenvalue weighted by molar-refractivity contribution is -0.150. The number of carboxylic acid groups (broad SMARTS) is 4. The predicted octanol–water partition coefficient (Wildman–Crippen LogP) is 24.6. The van der Waals surface area contributed by atoms with Crippen LogP contribution in [0, 0.1) is 154 Å². The fourth-order valence-corrected chi connectivity index (χ4v) is 21.2. The first-order valence-electron chi connectivity index (χ1n) is 52.7. The van der Waals surface area contributed by atoms with E-state index in [-0.39, 0.29) is 65.9 Å². The number of nitrogens with zero attached hydrogens (tertiary/aromatic N) is 4. The molecule has 7 saturated carbocycles. The van der Waals surface area contributed by atoms with E-state index < -0.39 is 36.6 Å². The predicted molar refractivity (Wildman–Crippen MR) is 520 cm³/mol. The minimum absolute atomic E-state index is 0.0191. The molecule has 4 aliphatic heterocycles. The fraction of sp³-hybridized carbons (Fsp3) is 0.925. The Bertz CT molecular complexity index is 3010. The molecule has 4 N–H and O–H groups in total. The van der Waals surface area contributed by atoms with E-state index in [2.05, 4.69) is 148 Å². The van der Waals surface area contributed by atoms with E-state index in [9.17, 15) is 51.5 Å². The molecular weight excluding hydrogens is 1650 g/mol. The minimum atomic E-state index is -4.04. The van der Waals surface area contributed by atoms with Crippen LogP contribution in [0.2, 0.25) is 0 Å². The van der Waals surface area contributed by atoms with Gasteiger partial charge in [0.05, 0.1) is 81.6 Å². The number of piperidine rings is 4. The van der Waals surface area contributed by atoms with Gasteiger partial charge < -0.3 is 44.3 Å². The van der Waals surface area contributed by atoms with Crippen LogP contribution in [-0.4, -0.2) is 198 Å². The van der Waals surface area contributed by atoms with Gasteiger partial charge in [-0.05, 0) is 378 Å². The summed E-state index contributed by atoms with van der Waals surface area (Å²) in [5.74, 6) is 12.7. The standard InChI is InChI=1S/C12H23NO2.2C12H22O2.C11H21N.C11H20O2.C10H18F3N.C10H19NO2.2C10H18O2.C9H16O2/c1-4-15-12(14)9-13-7-5-11(6-8-13)10(2)3;1-4-14-12(13)11-7-5-10(6-8-11)9(2)3;1-4-14-12(13)11-7-5-6-10(8-11)9(2)3;1-9(2)10-5-7-12(8-6-10)11-3-4-11;1-4-13-11(12)10-6-5-9(7-10)8(2)3;1-8(2)9-3-5-14(6-4-9)7-10(11,12)13;1-8(2)9-3-5-11(6-4-9)7-10(12)13;1-7(2)8-3-5-9(6-4-8)10(11)12;1-7(2)8-4-3-5-9(6-8)10(11)12;1-6(2)7-3-4-8(5-7)9(10)11/h10-11H,4-9H2,1-3H3;2*9-11H,4-8H2,1-3H3;9-11H,3-8H2,1-2H3;8-10H,4-7H2,1-3H3;8-9H,3-7H2,1-2H3;8-9H,3-7H2,1-2H3,(H,12,13);2*7-9H,3-6H2,1-2H3,(H,11,12);6-8H,3-5H2,1-2H3,(H,10,11). The van der Waals surface area contributed by atoms with Gasteiger partial charge in [0, 0.05) is 6.04 Å². The highest BCUT2D eigenvalue weighted by Gasteiger charge is 2.39. The molecule has 0 aromatic rings. The van der Waals surface area contributed by atoms with Crippen LogP contribution in [-0.2, 0) is 57.3 Å². The molecule has 8 unspecified atom stereocenters. The average Bonchev–Trinajstić information content (AvgIpc) is 1.62. The Balaban J connectivity index is 0.000000489. The van der Waals surface area contributed by atoms with Gasteiger partial charge in [0.2, 0.25) is 0 Å². The highest BCUT2D eigenvalue weighted by Crippen LogP contribution is 2.41. The number of alkyl halides is 3. The van der Waals surface area contributed by atoms with Crippen LogP contribution in [0.1, 0.15) is 372 Å². The molecular formula is C107H197F3N4O16. The van der Waals surface area contributed by atoms with Gasteiger partial charge in [0.1, 0.15) is 0 Å². The third-order valence-corrected chi connectivity index (χ3v) is 31.2. The normalized spacial score (nSPS) is 26.3. The SMILES string of the molecule is CC(C)C1CCC(C(=O)O)C1.CC(C)C1CCC(C(=O)O)CC1.CC(C)C1CCCC(C(=O)O)C1.CC(C)C1CCN(C2CC2)CC1.CC(C)C1CCN(CC(=O)O)CC1.CC(C)C1CCN(CC(F)(F)F)CC1.CCOC(=O)C1CCC(C(C)C)C1.CCOC(=O)C1CCC(C(C)C)CC1.CCOC(=O)C1CCCC(C(C)C)C1.CCOC(=O)CN1CCC(C(C)C)CC1. The van der Waals surface area contributed by atoms with Crippen molar-refractivity contribution in [3.8, 4) is 0 Å². The summed E-state index contributed by atoms with van der Waals surface area (Å²) >= 11 is 0. The number of aliphatic carboxylic acids is 4. The molecule has 11 rings (SSSR count). The molecule has 0 radical (unpaired) electrons. The minimum Gasteiger partial charge on any atom is -0.481 e. The average molecular weight is 1850 g/mol. The number of ether oxygens (including phenoxy) is 4. The van der Waals surface area contributed by atoms with Crippen LogP contribution in [0.3, 0.4) is 0 Å². The Morgan fingerprint density at radius 1 is 0.277 bits per heavy atom. The van der Waals surface area contributed by atoms with E-state index in [0.717, 1.165) is 232 Å². The summed E-state index contributed by atoms with van der Waals surface area (Å²) in [5, 5.41) is 34.9. The van der Waals surface area contributed by atoms with Crippen LogP contribution in [0.5, 0.6) is 0 Å². The van der Waals surface area contributed by atoms with Crippen LogP contribution in [0.25, 0.3) is 0 Å². The second-order valence-electron chi connectivity index (χ2n) is 44.0. The van der Waals surface area contributed by atoms with Gasteiger partial charge in [-0.15, -0.1) is 0 Å². The maximum atomic E-state index is 12.1. The highest BCUT2D eigenvalue weighted by molar-refractivity contribution is 5.74. The van der Waals surface area contributed by atoms with Crippen molar-refractivity contribution in [2.24, 2.45) is 154 Å². The van der Waals surface area contributed by atoms with E-state index in [1.807, 2.05) is 32.6 Å². The topological polar surface area (TPSA) is 267 Å². The molecule has 11 fully saturated rings. The van der Waals surface area contributed by atoms with Crippen LogP contribution >= 0.6 is 0 Å². The molecule has 0 amide bonds. The molecule has 11 aliphatic rings. The zero-order valence-corrected chi connectivity index (χ0v) is 86.9. The Kier molecular flexibility index (Phi) is 61.7. The molecule has 0 spiro atoms. The van der Waals surface area contributed by atoms with Crippen LogP contribution in [0.4, 0.5) is 13.2 Å². The van der Waals surface area contributed by atoms with Gasteiger partial charge in [0.15, 0.2) is 0 Å². The monoisotopic (exact) mass is 1850 g/mol. The number of halogens is 3. The first kappa shape index (κ1) is 121. The lowest BCUT2D eigenvalue weighted by atomic mass is 9.76. The fourth-order valence-electron chi connectivity index (χ4n) is 21.2. The molecule has 4 saturated heterocycles. The van der Waals surface area contributed by atoms with Gasteiger partial charge in [-0.3, -0.25) is 53.1 Å². The summed E-state index contributed by atoms with van der Waals surface area (Å²) in [7, 11) is 0. The van der Waals surface area contributed by atoms with Crippen molar-refractivity contribution in [1.82, 2.24) is 19.6 Å². The first-order chi connectivity index (χ1) is 61.1. The molecule has 0 aromatic heterocycles. The van der Waals surface area contributed by atoms with E-state index in [4.69, 9.17) is 39.4 Å². The number of hydrogen-bond acceptors (Lipinski definition) is 16. The molecule has 7 aliphatic carbocycles. The molecule has 130 heavy (non-hydrogen) atoms. The summed E-state index contributed by atoms with van der Waals surface area (Å²) in [5.41, 5.74) is 0. The number of carbonyl (C=O) groups is 8. The second-order valence-corrected chi connectivity index (χ2v) is 44.0.